The minimum atomic E-state index is 0.730. The lowest BCUT2D eigenvalue weighted by Gasteiger charge is -2.30. The molecule has 5 heteroatoms. The number of aromatic nitrogens is 2. The van der Waals surface area contributed by atoms with Crippen LogP contribution in [0.15, 0.2) is 23.6 Å². The van der Waals surface area contributed by atoms with Gasteiger partial charge in [0.25, 0.3) is 0 Å². The Bertz CT molecular complexity index is 512. The van der Waals surface area contributed by atoms with Gasteiger partial charge in [-0.15, -0.1) is 5.10 Å². The number of ether oxygens (including phenoxy) is 1. The molecule has 1 aliphatic rings. The Morgan fingerprint density at radius 1 is 1.47 bits per heavy atom. The molecule has 3 rings (SSSR count). The van der Waals surface area contributed by atoms with Crippen molar-refractivity contribution in [3.8, 4) is 5.75 Å². The smallest absolute Gasteiger partial charge is 0.142 e. The summed E-state index contributed by atoms with van der Waals surface area (Å²) in [5, 5.41) is 6.08. The van der Waals surface area contributed by atoms with Gasteiger partial charge in [-0.25, -0.2) is 0 Å². The molecule has 0 unspecified atom stereocenters. The molecule has 0 saturated heterocycles. The first-order chi connectivity index (χ1) is 8.33. The summed E-state index contributed by atoms with van der Waals surface area (Å²) in [5.74, 6) is 0.972. The molecule has 1 aromatic carbocycles. The van der Waals surface area contributed by atoms with Gasteiger partial charge in [-0.3, -0.25) is 0 Å². The average molecular weight is 247 g/mol. The molecule has 0 radical (unpaired) electrons. The van der Waals surface area contributed by atoms with Crippen molar-refractivity contribution in [2.24, 2.45) is 0 Å². The maximum atomic E-state index is 5.68. The zero-order valence-electron chi connectivity index (χ0n) is 9.59. The third-order valence-corrected chi connectivity index (χ3v) is 3.39. The van der Waals surface area contributed by atoms with E-state index in [-0.39, 0.29) is 0 Å². The number of benzene rings is 1. The second-order valence-corrected chi connectivity index (χ2v) is 4.75. The monoisotopic (exact) mass is 247 g/mol. The number of hydrogen-bond donors (Lipinski definition) is 0. The second-order valence-electron chi connectivity index (χ2n) is 4.14. The van der Waals surface area contributed by atoms with Crippen LogP contribution in [0, 0.1) is 6.92 Å². The van der Waals surface area contributed by atoms with E-state index in [0.717, 1.165) is 36.8 Å². The Hall–Kier alpha value is -1.62. The quantitative estimate of drug-likeness (QED) is 0.815. The van der Waals surface area contributed by atoms with Crippen LogP contribution in [-0.2, 0) is 6.54 Å². The van der Waals surface area contributed by atoms with Gasteiger partial charge in [-0.2, -0.15) is 0 Å². The van der Waals surface area contributed by atoms with E-state index in [9.17, 15) is 0 Å². The molecule has 0 N–H and O–H groups in total. The van der Waals surface area contributed by atoms with Gasteiger partial charge < -0.3 is 9.64 Å². The maximum absolute atomic E-state index is 5.68. The lowest BCUT2D eigenvalue weighted by Crippen LogP contribution is -2.32. The summed E-state index contributed by atoms with van der Waals surface area (Å²) in [6.07, 6.45) is 0. The normalized spacial score (nSPS) is 14.3. The van der Waals surface area contributed by atoms with Crippen molar-refractivity contribution < 1.29 is 4.74 Å². The van der Waals surface area contributed by atoms with Crippen molar-refractivity contribution in [1.82, 2.24) is 9.59 Å². The Balaban J connectivity index is 1.89. The van der Waals surface area contributed by atoms with Crippen molar-refractivity contribution >= 4 is 17.2 Å². The molecule has 1 aromatic heterocycles. The van der Waals surface area contributed by atoms with Crippen molar-refractivity contribution in [2.75, 3.05) is 18.1 Å². The van der Waals surface area contributed by atoms with E-state index in [1.165, 1.54) is 17.1 Å². The first-order valence-corrected chi connectivity index (χ1v) is 6.41. The van der Waals surface area contributed by atoms with Crippen molar-refractivity contribution in [2.45, 2.75) is 13.5 Å². The van der Waals surface area contributed by atoms with E-state index in [1.807, 2.05) is 5.38 Å². The van der Waals surface area contributed by atoms with Gasteiger partial charge in [-0.1, -0.05) is 10.6 Å². The molecule has 0 saturated carbocycles. The Labute approximate surface area is 104 Å². The average Bonchev–Trinajstić information content (AvgIpc) is 2.82. The van der Waals surface area contributed by atoms with Gasteiger partial charge in [0.2, 0.25) is 0 Å². The van der Waals surface area contributed by atoms with Crippen LogP contribution >= 0.6 is 11.5 Å². The van der Waals surface area contributed by atoms with E-state index in [2.05, 4.69) is 39.6 Å². The molecule has 0 amide bonds. The van der Waals surface area contributed by atoms with Crippen LogP contribution in [0.1, 0.15) is 11.3 Å². The molecule has 0 bridgehead atoms. The van der Waals surface area contributed by atoms with Crippen LogP contribution in [-0.4, -0.2) is 22.7 Å². The van der Waals surface area contributed by atoms with E-state index in [1.54, 1.807) is 0 Å². The summed E-state index contributed by atoms with van der Waals surface area (Å²) >= 11 is 1.39. The lowest BCUT2D eigenvalue weighted by atomic mass is 10.1. The number of rotatable bonds is 2. The summed E-state index contributed by atoms with van der Waals surface area (Å²) in [4.78, 5) is 2.29. The standard InChI is InChI=1S/C12H13N3OS/c1-9-2-3-11-12(6-9)16-5-4-15(11)7-10-8-17-14-13-10/h2-3,6,8H,4-5,7H2,1H3. The first kappa shape index (κ1) is 10.5. The third kappa shape index (κ3) is 2.10. The lowest BCUT2D eigenvalue weighted by molar-refractivity contribution is 0.306. The summed E-state index contributed by atoms with van der Waals surface area (Å²) in [6.45, 7) is 4.50. The predicted molar refractivity (Wildman–Crippen MR) is 67.6 cm³/mol. The summed E-state index contributed by atoms with van der Waals surface area (Å²) in [6, 6.07) is 6.31. The second kappa shape index (κ2) is 4.33. The van der Waals surface area contributed by atoms with Crippen LogP contribution in [0.4, 0.5) is 5.69 Å². The first-order valence-electron chi connectivity index (χ1n) is 5.57. The van der Waals surface area contributed by atoms with Crippen molar-refractivity contribution in [3.05, 3.63) is 34.8 Å². The number of aryl methyl sites for hydroxylation is 1. The summed E-state index contributed by atoms with van der Waals surface area (Å²) < 4.78 is 9.57. The fourth-order valence-electron chi connectivity index (χ4n) is 2.00. The van der Waals surface area contributed by atoms with Crippen molar-refractivity contribution in [3.63, 3.8) is 0 Å². The predicted octanol–water partition coefficient (Wildman–Crippen LogP) is 2.25. The van der Waals surface area contributed by atoms with Gasteiger partial charge in [0.1, 0.15) is 12.4 Å². The molecule has 0 aliphatic carbocycles. The highest BCUT2D eigenvalue weighted by molar-refractivity contribution is 7.03. The SMILES string of the molecule is Cc1ccc2c(c1)OCCN2Cc1csnn1. The Morgan fingerprint density at radius 3 is 3.24 bits per heavy atom. The zero-order chi connectivity index (χ0) is 11.7. The molecular formula is C12H13N3OS. The van der Waals surface area contributed by atoms with Crippen molar-refractivity contribution in [1.29, 1.82) is 0 Å². The van der Waals surface area contributed by atoms with Gasteiger partial charge in [-0.05, 0) is 36.2 Å². The molecule has 0 fully saturated rings. The van der Waals surface area contributed by atoms with Crippen LogP contribution < -0.4 is 9.64 Å². The summed E-state index contributed by atoms with van der Waals surface area (Å²) in [5.41, 5.74) is 3.39. The number of nitrogens with zero attached hydrogens (tertiary/aromatic N) is 3. The third-order valence-electron chi connectivity index (χ3n) is 2.83. The molecule has 17 heavy (non-hydrogen) atoms. The Morgan fingerprint density at radius 2 is 2.41 bits per heavy atom. The van der Waals surface area contributed by atoms with Crippen LogP contribution in [0.3, 0.4) is 0 Å². The van der Waals surface area contributed by atoms with Gasteiger partial charge in [0.15, 0.2) is 0 Å². The van der Waals surface area contributed by atoms with E-state index >= 15 is 0 Å². The number of hydrogen-bond acceptors (Lipinski definition) is 5. The van der Waals surface area contributed by atoms with Crippen LogP contribution in [0.25, 0.3) is 0 Å². The van der Waals surface area contributed by atoms with E-state index < -0.39 is 0 Å². The largest absolute Gasteiger partial charge is 0.490 e. The highest BCUT2D eigenvalue weighted by atomic mass is 32.1. The van der Waals surface area contributed by atoms with Gasteiger partial charge >= 0.3 is 0 Å². The minimum absolute atomic E-state index is 0.730. The molecular weight excluding hydrogens is 234 g/mol. The van der Waals surface area contributed by atoms with Gasteiger partial charge in [0, 0.05) is 5.38 Å². The number of fused-ring (bicyclic) bond motifs is 1. The zero-order valence-corrected chi connectivity index (χ0v) is 10.4. The molecule has 88 valence electrons. The number of anilines is 1. The minimum Gasteiger partial charge on any atom is -0.490 e. The highest BCUT2D eigenvalue weighted by Gasteiger charge is 2.18. The summed E-state index contributed by atoms with van der Waals surface area (Å²) in [7, 11) is 0. The Kier molecular flexibility index (Phi) is 2.68. The molecule has 1 aliphatic heterocycles. The molecule has 4 nitrogen and oxygen atoms in total. The van der Waals surface area contributed by atoms with Crippen LogP contribution in [0.5, 0.6) is 5.75 Å². The van der Waals surface area contributed by atoms with E-state index in [4.69, 9.17) is 4.74 Å². The highest BCUT2D eigenvalue weighted by Crippen LogP contribution is 2.33. The molecule has 0 spiro atoms. The fourth-order valence-corrected chi connectivity index (χ4v) is 2.44. The van der Waals surface area contributed by atoms with Gasteiger partial charge in [0.05, 0.1) is 24.5 Å². The maximum Gasteiger partial charge on any atom is 0.142 e. The topological polar surface area (TPSA) is 38.2 Å². The molecule has 0 atom stereocenters. The molecule has 2 heterocycles. The van der Waals surface area contributed by atoms with E-state index in [0.29, 0.717) is 0 Å². The molecule has 2 aromatic rings. The fraction of sp³-hybridized carbons (Fsp3) is 0.333. The van der Waals surface area contributed by atoms with Crippen LogP contribution in [0.2, 0.25) is 0 Å².